The molecule has 18 heavy (non-hydrogen) atoms. The van der Waals surface area contributed by atoms with Crippen LogP contribution < -0.4 is 0 Å². The summed E-state index contributed by atoms with van der Waals surface area (Å²) in [6.45, 7) is 0.680. The van der Waals surface area contributed by atoms with Gasteiger partial charge in [-0.05, 0) is 24.1 Å². The molecule has 1 aliphatic rings. The smallest absolute Gasteiger partial charge is 0.216 e. The number of ether oxygens (including phenoxy) is 1. The van der Waals surface area contributed by atoms with Crippen LogP contribution in [-0.4, -0.2) is 18.5 Å². The summed E-state index contributed by atoms with van der Waals surface area (Å²) in [7, 11) is 0. The highest BCUT2D eigenvalue weighted by Crippen LogP contribution is 2.15. The third-order valence-electron chi connectivity index (χ3n) is 3.05. The van der Waals surface area contributed by atoms with E-state index in [1.807, 2.05) is 36.4 Å². The number of rotatable bonds is 3. The second-order valence-electron chi connectivity index (χ2n) is 4.45. The quantitative estimate of drug-likeness (QED) is 0.804. The van der Waals surface area contributed by atoms with Gasteiger partial charge in [0.2, 0.25) is 5.90 Å². The third-order valence-corrected chi connectivity index (χ3v) is 3.05. The average molecular weight is 237 g/mol. The fourth-order valence-electron chi connectivity index (χ4n) is 2.14. The Labute approximate surface area is 107 Å². The fraction of sp³-hybridized carbons (Fsp3) is 0.188. The summed E-state index contributed by atoms with van der Waals surface area (Å²) in [4.78, 5) is 4.65. The van der Waals surface area contributed by atoms with Crippen LogP contribution in [0.3, 0.4) is 0 Å². The van der Waals surface area contributed by atoms with Crippen molar-refractivity contribution in [3.05, 3.63) is 71.8 Å². The molecule has 0 radical (unpaired) electrons. The van der Waals surface area contributed by atoms with E-state index in [1.54, 1.807) is 0 Å². The molecule has 2 heteroatoms. The third kappa shape index (κ3) is 2.43. The lowest BCUT2D eigenvalue weighted by Crippen LogP contribution is -2.09. The molecule has 0 N–H and O–H groups in total. The molecule has 0 aliphatic carbocycles. The Morgan fingerprint density at radius 3 is 2.33 bits per heavy atom. The van der Waals surface area contributed by atoms with Gasteiger partial charge in [-0.1, -0.05) is 48.5 Å². The zero-order valence-corrected chi connectivity index (χ0v) is 10.1. The maximum absolute atomic E-state index is 5.67. The Morgan fingerprint density at radius 1 is 0.944 bits per heavy atom. The highest BCUT2D eigenvalue weighted by atomic mass is 16.5. The molecule has 90 valence electrons. The predicted octanol–water partition coefficient (Wildman–Crippen LogP) is 3.07. The molecular weight excluding hydrogens is 222 g/mol. The van der Waals surface area contributed by atoms with E-state index in [1.165, 1.54) is 5.56 Å². The molecule has 0 bridgehead atoms. The van der Waals surface area contributed by atoms with E-state index in [0.717, 1.165) is 17.9 Å². The second-order valence-corrected chi connectivity index (χ2v) is 4.45. The van der Waals surface area contributed by atoms with Crippen LogP contribution in [0, 0.1) is 0 Å². The molecule has 0 spiro atoms. The van der Waals surface area contributed by atoms with Crippen LogP contribution in [0.4, 0.5) is 0 Å². The number of aliphatic imine (C=N–C) groups is 1. The summed E-state index contributed by atoms with van der Waals surface area (Å²) in [5.74, 6) is 0.775. The highest BCUT2D eigenvalue weighted by Gasteiger charge is 2.19. The predicted molar refractivity (Wildman–Crippen MR) is 72.9 cm³/mol. The van der Waals surface area contributed by atoms with Crippen LogP contribution >= 0.6 is 0 Å². The fourth-order valence-corrected chi connectivity index (χ4v) is 2.14. The minimum Gasteiger partial charge on any atom is -0.475 e. The molecule has 0 unspecified atom stereocenters. The molecule has 0 amide bonds. The lowest BCUT2D eigenvalue weighted by atomic mass is 10.1. The van der Waals surface area contributed by atoms with Crippen molar-refractivity contribution in [2.24, 2.45) is 4.99 Å². The Hall–Kier alpha value is -2.09. The van der Waals surface area contributed by atoms with Gasteiger partial charge >= 0.3 is 0 Å². The summed E-state index contributed by atoms with van der Waals surface area (Å²) in [5.41, 5.74) is 2.37. The summed E-state index contributed by atoms with van der Waals surface area (Å²) in [5, 5.41) is 0. The van der Waals surface area contributed by atoms with Crippen molar-refractivity contribution >= 4 is 5.90 Å². The summed E-state index contributed by atoms with van der Waals surface area (Å²) in [6.07, 6.45) is 0.942. The van der Waals surface area contributed by atoms with Crippen molar-refractivity contribution in [2.75, 3.05) is 6.61 Å². The monoisotopic (exact) mass is 237 g/mol. The lowest BCUT2D eigenvalue weighted by Gasteiger charge is -2.03. The molecular formula is C16H15NO. The van der Waals surface area contributed by atoms with Crippen LogP contribution in [0.1, 0.15) is 11.1 Å². The molecule has 0 fully saturated rings. The molecule has 1 aliphatic heterocycles. The Bertz CT molecular complexity index is 534. The second kappa shape index (κ2) is 5.05. The molecule has 2 aromatic rings. The largest absolute Gasteiger partial charge is 0.475 e. The van der Waals surface area contributed by atoms with E-state index in [9.17, 15) is 0 Å². The minimum absolute atomic E-state index is 0.239. The Balaban J connectivity index is 1.73. The van der Waals surface area contributed by atoms with Crippen molar-refractivity contribution < 1.29 is 4.74 Å². The van der Waals surface area contributed by atoms with Gasteiger partial charge in [0.1, 0.15) is 6.61 Å². The van der Waals surface area contributed by atoms with Gasteiger partial charge in [-0.2, -0.15) is 0 Å². The first-order chi connectivity index (χ1) is 8.92. The van der Waals surface area contributed by atoms with E-state index in [-0.39, 0.29) is 6.04 Å². The van der Waals surface area contributed by atoms with Gasteiger partial charge in [0.25, 0.3) is 0 Å². The number of nitrogens with zero attached hydrogens (tertiary/aromatic N) is 1. The first-order valence-electron chi connectivity index (χ1n) is 6.22. The van der Waals surface area contributed by atoms with Crippen LogP contribution in [0.5, 0.6) is 0 Å². The lowest BCUT2D eigenvalue weighted by molar-refractivity contribution is 0.317. The van der Waals surface area contributed by atoms with Gasteiger partial charge in [-0.3, -0.25) is 0 Å². The summed E-state index contributed by atoms with van der Waals surface area (Å²) >= 11 is 0. The van der Waals surface area contributed by atoms with Gasteiger partial charge in [-0.15, -0.1) is 0 Å². The summed E-state index contributed by atoms with van der Waals surface area (Å²) in [6, 6.07) is 20.7. The topological polar surface area (TPSA) is 21.6 Å². The zero-order chi connectivity index (χ0) is 12.2. The van der Waals surface area contributed by atoms with E-state index < -0.39 is 0 Å². The number of benzene rings is 2. The van der Waals surface area contributed by atoms with Gasteiger partial charge in [0.15, 0.2) is 0 Å². The molecule has 0 aromatic heterocycles. The maximum atomic E-state index is 5.67. The van der Waals surface area contributed by atoms with Crippen LogP contribution in [0.25, 0.3) is 0 Å². The van der Waals surface area contributed by atoms with Gasteiger partial charge < -0.3 is 4.74 Å². The molecule has 2 aromatic carbocycles. The van der Waals surface area contributed by atoms with Crippen molar-refractivity contribution in [3.63, 3.8) is 0 Å². The molecule has 0 saturated carbocycles. The average Bonchev–Trinajstić information content (AvgIpc) is 2.89. The SMILES string of the molecule is c1ccc(C[C@@H]2COC(c3ccccc3)=N2)cc1. The van der Waals surface area contributed by atoms with Gasteiger partial charge in [-0.25, -0.2) is 4.99 Å². The minimum atomic E-state index is 0.239. The van der Waals surface area contributed by atoms with E-state index in [2.05, 4.69) is 29.3 Å². The molecule has 1 heterocycles. The van der Waals surface area contributed by atoms with Crippen LogP contribution in [0.15, 0.2) is 65.7 Å². The maximum Gasteiger partial charge on any atom is 0.216 e. The first kappa shape index (κ1) is 11.0. The first-order valence-corrected chi connectivity index (χ1v) is 6.22. The zero-order valence-electron chi connectivity index (χ0n) is 10.1. The van der Waals surface area contributed by atoms with Crippen molar-refractivity contribution in [2.45, 2.75) is 12.5 Å². The standard InChI is InChI=1S/C16H15NO/c1-3-7-13(8-4-1)11-15-12-18-16(17-15)14-9-5-2-6-10-14/h1-10,15H,11-12H2/t15-/m1/s1. The Kier molecular flexibility index (Phi) is 3.09. The Morgan fingerprint density at radius 2 is 1.61 bits per heavy atom. The van der Waals surface area contributed by atoms with Crippen molar-refractivity contribution in [1.29, 1.82) is 0 Å². The molecule has 1 atom stereocenters. The van der Waals surface area contributed by atoms with Crippen molar-refractivity contribution in [3.8, 4) is 0 Å². The van der Waals surface area contributed by atoms with Gasteiger partial charge in [0.05, 0.1) is 6.04 Å². The summed E-state index contributed by atoms with van der Waals surface area (Å²) < 4.78 is 5.67. The van der Waals surface area contributed by atoms with E-state index in [4.69, 9.17) is 4.74 Å². The van der Waals surface area contributed by atoms with Crippen molar-refractivity contribution in [1.82, 2.24) is 0 Å². The van der Waals surface area contributed by atoms with Gasteiger partial charge in [0, 0.05) is 5.56 Å². The van der Waals surface area contributed by atoms with E-state index in [0.29, 0.717) is 6.61 Å². The van der Waals surface area contributed by atoms with E-state index >= 15 is 0 Å². The normalized spacial score (nSPS) is 18.2. The van der Waals surface area contributed by atoms with Crippen LogP contribution in [-0.2, 0) is 11.2 Å². The number of hydrogen-bond acceptors (Lipinski definition) is 2. The number of hydrogen-bond donors (Lipinski definition) is 0. The molecule has 2 nitrogen and oxygen atoms in total. The molecule has 0 saturated heterocycles. The highest BCUT2D eigenvalue weighted by molar-refractivity contribution is 5.95. The molecule has 3 rings (SSSR count). The van der Waals surface area contributed by atoms with Crippen LogP contribution in [0.2, 0.25) is 0 Å².